The summed E-state index contributed by atoms with van der Waals surface area (Å²) in [7, 11) is 0. The molecule has 0 aromatic heterocycles. The molecule has 0 bridgehead atoms. The highest BCUT2D eigenvalue weighted by Crippen LogP contribution is 2.24. The summed E-state index contributed by atoms with van der Waals surface area (Å²) in [6, 6.07) is 7.73. The Hall–Kier alpha value is -1.36. The van der Waals surface area contributed by atoms with Gasteiger partial charge in [-0.2, -0.15) is 0 Å². The van der Waals surface area contributed by atoms with Crippen molar-refractivity contribution >= 4 is 28.9 Å². The molecule has 0 spiro atoms. The quantitative estimate of drug-likeness (QED) is 0.875. The molecule has 2 rings (SSSR count). The first-order valence-corrected chi connectivity index (χ1v) is 6.54. The van der Waals surface area contributed by atoms with Gasteiger partial charge >= 0.3 is 0 Å². The zero-order valence-electron chi connectivity index (χ0n) is 10.2. The van der Waals surface area contributed by atoms with Gasteiger partial charge in [-0.15, -0.1) is 0 Å². The van der Waals surface area contributed by atoms with E-state index in [1.54, 1.807) is 18.2 Å². The zero-order valence-corrected chi connectivity index (χ0v) is 11.7. The van der Waals surface area contributed by atoms with E-state index >= 15 is 0 Å². The van der Waals surface area contributed by atoms with E-state index in [2.05, 4.69) is 5.32 Å². The SMILES string of the molecule is OC(CNc1cc(Cl)cc(Cl)c1)c1cc(F)ccc1F. The summed E-state index contributed by atoms with van der Waals surface area (Å²) in [4.78, 5) is 0. The number of rotatable bonds is 4. The second-order valence-electron chi connectivity index (χ2n) is 4.22. The van der Waals surface area contributed by atoms with Gasteiger partial charge in [0.05, 0.1) is 6.10 Å². The summed E-state index contributed by atoms with van der Waals surface area (Å²) in [6.07, 6.45) is -1.19. The van der Waals surface area contributed by atoms with Crippen molar-refractivity contribution in [3.8, 4) is 0 Å². The number of anilines is 1. The fourth-order valence-corrected chi connectivity index (χ4v) is 2.28. The second-order valence-corrected chi connectivity index (χ2v) is 5.09. The van der Waals surface area contributed by atoms with Crippen LogP contribution in [0, 0.1) is 11.6 Å². The molecule has 0 saturated carbocycles. The van der Waals surface area contributed by atoms with Gasteiger partial charge in [0.1, 0.15) is 11.6 Å². The van der Waals surface area contributed by atoms with Crippen LogP contribution in [0.3, 0.4) is 0 Å². The van der Waals surface area contributed by atoms with Gasteiger partial charge in [-0.1, -0.05) is 23.2 Å². The molecule has 1 atom stereocenters. The van der Waals surface area contributed by atoms with Gasteiger partial charge in [0.25, 0.3) is 0 Å². The van der Waals surface area contributed by atoms with Crippen LogP contribution in [0.5, 0.6) is 0 Å². The Labute approximate surface area is 125 Å². The van der Waals surface area contributed by atoms with Crippen LogP contribution in [0.1, 0.15) is 11.7 Å². The van der Waals surface area contributed by atoms with E-state index in [4.69, 9.17) is 23.2 Å². The average molecular weight is 318 g/mol. The van der Waals surface area contributed by atoms with Crippen molar-refractivity contribution in [2.24, 2.45) is 0 Å². The summed E-state index contributed by atoms with van der Waals surface area (Å²) in [5.41, 5.74) is 0.476. The first kappa shape index (κ1) is 15.0. The van der Waals surface area contributed by atoms with E-state index in [-0.39, 0.29) is 12.1 Å². The third-order valence-corrected chi connectivity index (χ3v) is 3.12. The largest absolute Gasteiger partial charge is 0.386 e. The minimum absolute atomic E-state index is 0.00293. The Morgan fingerprint density at radius 1 is 1.05 bits per heavy atom. The molecule has 2 aromatic rings. The van der Waals surface area contributed by atoms with E-state index in [9.17, 15) is 13.9 Å². The number of aliphatic hydroxyl groups excluding tert-OH is 1. The first-order chi connectivity index (χ1) is 9.45. The monoisotopic (exact) mass is 317 g/mol. The molecular weight excluding hydrogens is 307 g/mol. The van der Waals surface area contributed by atoms with Gasteiger partial charge in [-0.3, -0.25) is 0 Å². The number of halogens is 4. The molecule has 6 heteroatoms. The smallest absolute Gasteiger partial charge is 0.129 e. The maximum absolute atomic E-state index is 13.5. The van der Waals surface area contributed by atoms with Crippen molar-refractivity contribution in [1.29, 1.82) is 0 Å². The highest BCUT2D eigenvalue weighted by Gasteiger charge is 2.13. The van der Waals surface area contributed by atoms with Crippen LogP contribution in [0.15, 0.2) is 36.4 Å². The minimum atomic E-state index is -1.19. The predicted molar refractivity (Wildman–Crippen MR) is 76.3 cm³/mol. The van der Waals surface area contributed by atoms with Crippen molar-refractivity contribution in [2.75, 3.05) is 11.9 Å². The van der Waals surface area contributed by atoms with E-state index in [1.165, 1.54) is 0 Å². The van der Waals surface area contributed by atoms with Crippen LogP contribution in [-0.2, 0) is 0 Å². The van der Waals surface area contributed by atoms with E-state index in [0.29, 0.717) is 15.7 Å². The van der Waals surface area contributed by atoms with Gasteiger partial charge in [0.15, 0.2) is 0 Å². The van der Waals surface area contributed by atoms with Crippen LogP contribution in [-0.4, -0.2) is 11.7 Å². The predicted octanol–water partition coefficient (Wildman–Crippen LogP) is 4.42. The van der Waals surface area contributed by atoms with E-state index in [1.807, 2.05) is 0 Å². The van der Waals surface area contributed by atoms with Crippen LogP contribution >= 0.6 is 23.2 Å². The van der Waals surface area contributed by atoms with Gasteiger partial charge in [0, 0.05) is 27.8 Å². The lowest BCUT2D eigenvalue weighted by Crippen LogP contribution is -2.13. The van der Waals surface area contributed by atoms with E-state index in [0.717, 1.165) is 18.2 Å². The van der Waals surface area contributed by atoms with Crippen LogP contribution in [0.25, 0.3) is 0 Å². The van der Waals surface area contributed by atoms with Gasteiger partial charge < -0.3 is 10.4 Å². The molecule has 0 fully saturated rings. The third kappa shape index (κ3) is 3.82. The standard InChI is InChI=1S/C14H11Cl2F2NO/c15-8-3-9(16)5-11(4-8)19-7-14(20)12-6-10(17)1-2-13(12)18/h1-6,14,19-20H,7H2. The van der Waals surface area contributed by atoms with Gasteiger partial charge in [0.2, 0.25) is 0 Å². The number of hydrogen-bond acceptors (Lipinski definition) is 2. The highest BCUT2D eigenvalue weighted by atomic mass is 35.5. The topological polar surface area (TPSA) is 32.3 Å². The van der Waals surface area contributed by atoms with Gasteiger partial charge in [-0.05, 0) is 36.4 Å². The van der Waals surface area contributed by atoms with Crippen LogP contribution in [0.4, 0.5) is 14.5 Å². The maximum Gasteiger partial charge on any atom is 0.129 e. The van der Waals surface area contributed by atoms with Crippen molar-refractivity contribution in [1.82, 2.24) is 0 Å². The molecule has 1 unspecified atom stereocenters. The lowest BCUT2D eigenvalue weighted by atomic mass is 10.1. The molecule has 0 amide bonds. The normalized spacial score (nSPS) is 12.2. The van der Waals surface area contributed by atoms with E-state index < -0.39 is 17.7 Å². The molecule has 0 aliphatic rings. The highest BCUT2D eigenvalue weighted by molar-refractivity contribution is 6.35. The van der Waals surface area contributed by atoms with Gasteiger partial charge in [-0.25, -0.2) is 8.78 Å². The lowest BCUT2D eigenvalue weighted by Gasteiger charge is -2.14. The summed E-state index contributed by atoms with van der Waals surface area (Å²) >= 11 is 11.7. The Morgan fingerprint density at radius 3 is 2.35 bits per heavy atom. The average Bonchev–Trinajstić information content (AvgIpc) is 2.38. The number of benzene rings is 2. The summed E-state index contributed by atoms with van der Waals surface area (Å²) < 4.78 is 26.5. The molecule has 0 radical (unpaired) electrons. The Bertz CT molecular complexity index is 602. The van der Waals surface area contributed by atoms with Crippen molar-refractivity contribution in [3.63, 3.8) is 0 Å². The van der Waals surface area contributed by atoms with Crippen LogP contribution < -0.4 is 5.32 Å². The summed E-state index contributed by atoms with van der Waals surface area (Å²) in [5, 5.41) is 13.6. The Kier molecular flexibility index (Phi) is 4.81. The molecule has 0 saturated heterocycles. The molecule has 0 aliphatic carbocycles. The molecule has 2 N–H and O–H groups in total. The number of aliphatic hydroxyl groups is 1. The molecule has 2 nitrogen and oxygen atoms in total. The number of nitrogens with one attached hydrogen (secondary N) is 1. The molecule has 0 aliphatic heterocycles. The molecule has 2 aromatic carbocycles. The molecular formula is C14H11Cl2F2NO. The fourth-order valence-electron chi connectivity index (χ4n) is 1.75. The Balaban J connectivity index is 2.08. The first-order valence-electron chi connectivity index (χ1n) is 5.78. The zero-order chi connectivity index (χ0) is 14.7. The van der Waals surface area contributed by atoms with Crippen molar-refractivity contribution in [3.05, 3.63) is 63.6 Å². The second kappa shape index (κ2) is 6.39. The lowest BCUT2D eigenvalue weighted by molar-refractivity contribution is 0.186. The minimum Gasteiger partial charge on any atom is -0.386 e. The van der Waals surface area contributed by atoms with Crippen molar-refractivity contribution in [2.45, 2.75) is 6.10 Å². The third-order valence-electron chi connectivity index (χ3n) is 2.68. The molecule has 106 valence electrons. The van der Waals surface area contributed by atoms with Crippen molar-refractivity contribution < 1.29 is 13.9 Å². The Morgan fingerprint density at radius 2 is 1.70 bits per heavy atom. The number of hydrogen-bond donors (Lipinski definition) is 2. The summed E-state index contributed by atoms with van der Waals surface area (Å²) in [5.74, 6) is -1.27. The summed E-state index contributed by atoms with van der Waals surface area (Å²) in [6.45, 7) is -0.00293. The fraction of sp³-hybridized carbons (Fsp3) is 0.143. The molecule has 0 heterocycles. The maximum atomic E-state index is 13.5. The van der Waals surface area contributed by atoms with Crippen LogP contribution in [0.2, 0.25) is 10.0 Å². The molecule has 20 heavy (non-hydrogen) atoms.